The van der Waals surface area contributed by atoms with Gasteiger partial charge in [-0.3, -0.25) is 0 Å². The smallest absolute Gasteiger partial charge is 0.0187 e. The van der Waals surface area contributed by atoms with E-state index in [1.807, 2.05) is 22.1 Å². The minimum Gasteiger partial charge on any atom is -0.469 e. The van der Waals surface area contributed by atoms with Gasteiger partial charge in [-0.2, -0.15) is 0 Å². The maximum atomic E-state index is 4.55. The van der Waals surface area contributed by atoms with E-state index in [9.17, 15) is 0 Å². The Hall–Kier alpha value is 1.21. The quantitative estimate of drug-likeness (QED) is 0.489. The van der Waals surface area contributed by atoms with Gasteiger partial charge in [-0.15, -0.1) is 20.2 Å². The number of hydrogen-bond donors (Lipinski definition) is 0. The van der Waals surface area contributed by atoms with Gasteiger partial charge in [0.15, 0.2) is 0 Å². The molecule has 3 radical (unpaired) electrons. The van der Waals surface area contributed by atoms with Crippen molar-refractivity contribution >= 4 is 22.1 Å². The molecule has 2 heterocycles. The Morgan fingerprint density at radius 1 is 0.950 bits per heavy atom. The Morgan fingerprint density at radius 3 is 2.10 bits per heavy atom. The number of hydrogen-bond acceptors (Lipinski definition) is 2. The molecule has 4 nitrogen and oxygen atoms in total. The standard InChI is InChI=1S/C13H14N4.3Y/c1-5-13-15-10-6-9-11(7-12(10)17(13)4)16(3)8(2)14-9;;;/h6-7H,3-5H2,1-2H3;;;/q-2;;;. The van der Waals surface area contributed by atoms with Gasteiger partial charge >= 0.3 is 0 Å². The zero-order valence-corrected chi connectivity index (χ0v) is 20.3. The second-order valence-electron chi connectivity index (χ2n) is 4.23. The van der Waals surface area contributed by atoms with E-state index in [1.54, 1.807) is 0 Å². The van der Waals surface area contributed by atoms with Crippen LogP contribution in [-0.4, -0.2) is 19.1 Å². The third-order valence-corrected chi connectivity index (χ3v) is 3.20. The summed E-state index contributed by atoms with van der Waals surface area (Å²) in [6, 6.07) is 4.05. The predicted octanol–water partition coefficient (Wildman–Crippen LogP) is 2.53. The van der Waals surface area contributed by atoms with Gasteiger partial charge in [0.2, 0.25) is 0 Å². The largest absolute Gasteiger partial charge is 0.469 e. The number of rotatable bonds is 1. The van der Waals surface area contributed by atoms with Crippen molar-refractivity contribution in [2.75, 3.05) is 0 Å². The van der Waals surface area contributed by atoms with Crippen LogP contribution < -0.4 is 0 Å². The van der Waals surface area contributed by atoms with Crippen molar-refractivity contribution in [2.45, 2.75) is 20.3 Å². The molecule has 0 amide bonds. The normalized spacial score (nSPS) is 9.90. The molecular formula is C13H14N4Y3-2. The van der Waals surface area contributed by atoms with Crippen LogP contribution in [0.4, 0.5) is 0 Å². The van der Waals surface area contributed by atoms with E-state index < -0.39 is 0 Å². The maximum absolute atomic E-state index is 4.55. The summed E-state index contributed by atoms with van der Waals surface area (Å²) in [6.07, 6.45) is 0.874. The molecule has 0 atom stereocenters. The first-order chi connectivity index (χ1) is 8.11. The molecule has 0 aliphatic heterocycles. The van der Waals surface area contributed by atoms with Gasteiger partial charge in [0.25, 0.3) is 0 Å². The second kappa shape index (κ2) is 8.17. The number of benzene rings is 1. The average molecular weight is 493 g/mol. The summed E-state index contributed by atoms with van der Waals surface area (Å²) < 4.78 is 3.73. The number of fused-ring (bicyclic) bond motifs is 2. The van der Waals surface area contributed by atoms with Crippen LogP contribution in [0, 0.1) is 21.0 Å². The predicted molar refractivity (Wildman–Crippen MR) is 68.6 cm³/mol. The molecule has 0 saturated heterocycles. The SMILES string of the molecule is [CH2-]n1c(C)nc2cc3nc(CC)n([CH2-])c3cc21.[Y].[Y].[Y]. The monoisotopic (exact) mass is 493 g/mol. The van der Waals surface area contributed by atoms with Gasteiger partial charge in [0, 0.05) is 121 Å². The van der Waals surface area contributed by atoms with Gasteiger partial charge in [-0.05, 0) is 23.5 Å². The molecule has 1 aromatic carbocycles. The van der Waals surface area contributed by atoms with Crippen molar-refractivity contribution in [3.8, 4) is 0 Å². The molecule has 3 rings (SSSR count). The number of imidazole rings is 2. The zero-order valence-electron chi connectivity index (χ0n) is 11.8. The van der Waals surface area contributed by atoms with E-state index in [4.69, 9.17) is 0 Å². The zero-order chi connectivity index (χ0) is 12.2. The van der Waals surface area contributed by atoms with Crippen LogP contribution in [0.15, 0.2) is 12.1 Å². The summed E-state index contributed by atoms with van der Waals surface area (Å²) in [5.74, 6) is 1.89. The van der Waals surface area contributed by atoms with E-state index in [0.717, 1.165) is 40.1 Å². The van der Waals surface area contributed by atoms with Crippen molar-refractivity contribution in [3.05, 3.63) is 37.9 Å². The topological polar surface area (TPSA) is 35.6 Å². The van der Waals surface area contributed by atoms with Crippen molar-refractivity contribution in [3.63, 3.8) is 0 Å². The molecule has 0 fully saturated rings. The molecule has 0 spiro atoms. The molecular weight excluding hydrogens is 479 g/mol. The van der Waals surface area contributed by atoms with E-state index in [2.05, 4.69) is 37.1 Å². The van der Waals surface area contributed by atoms with Crippen LogP contribution in [0.25, 0.3) is 22.1 Å². The van der Waals surface area contributed by atoms with Crippen LogP contribution in [-0.2, 0) is 105 Å². The fourth-order valence-electron chi connectivity index (χ4n) is 2.18. The van der Waals surface area contributed by atoms with Crippen molar-refractivity contribution in [1.29, 1.82) is 0 Å². The van der Waals surface area contributed by atoms with Crippen LogP contribution in [0.5, 0.6) is 0 Å². The third kappa shape index (κ3) is 3.41. The van der Waals surface area contributed by atoms with Crippen LogP contribution in [0.2, 0.25) is 0 Å². The maximum Gasteiger partial charge on any atom is 0.0187 e. The van der Waals surface area contributed by atoms with Gasteiger partial charge in [-0.25, -0.2) is 0 Å². The molecule has 20 heavy (non-hydrogen) atoms. The van der Waals surface area contributed by atoms with E-state index >= 15 is 0 Å². The number of aryl methyl sites for hydroxylation is 2. The Labute approximate surface area is 194 Å². The average Bonchev–Trinajstić information content (AvgIpc) is 2.77. The molecule has 0 aliphatic carbocycles. The number of aromatic nitrogens is 4. The molecule has 0 saturated carbocycles. The van der Waals surface area contributed by atoms with Crippen molar-refractivity contribution in [1.82, 2.24) is 19.1 Å². The number of nitrogens with zero attached hydrogens (tertiary/aromatic N) is 4. The first kappa shape index (κ1) is 21.2. The summed E-state index contributed by atoms with van der Waals surface area (Å²) in [6.45, 7) is 4.02. The Balaban J connectivity index is 0.00000120. The summed E-state index contributed by atoms with van der Waals surface area (Å²) >= 11 is 0. The van der Waals surface area contributed by atoms with Crippen LogP contribution in [0.3, 0.4) is 0 Å². The fraction of sp³-hybridized carbons (Fsp3) is 0.231. The van der Waals surface area contributed by atoms with Gasteiger partial charge in [-0.1, -0.05) is 13.8 Å². The first-order valence-corrected chi connectivity index (χ1v) is 5.64. The minimum absolute atomic E-state index is 0. The van der Waals surface area contributed by atoms with E-state index in [0.29, 0.717) is 0 Å². The summed E-state index contributed by atoms with van der Waals surface area (Å²) in [4.78, 5) is 9.01. The third-order valence-electron chi connectivity index (χ3n) is 3.20. The van der Waals surface area contributed by atoms with Gasteiger partial charge in [0.1, 0.15) is 0 Å². The van der Waals surface area contributed by atoms with Crippen LogP contribution >= 0.6 is 0 Å². The van der Waals surface area contributed by atoms with E-state index in [-0.39, 0.29) is 98.1 Å². The molecule has 0 aliphatic rings. The van der Waals surface area contributed by atoms with Crippen LogP contribution in [0.1, 0.15) is 18.6 Å². The summed E-state index contributed by atoms with van der Waals surface area (Å²) in [7, 11) is 8.00. The molecule has 3 aromatic rings. The molecule has 7 heteroatoms. The molecule has 0 bridgehead atoms. The van der Waals surface area contributed by atoms with Gasteiger partial charge in [0.05, 0.1) is 0 Å². The minimum atomic E-state index is 0. The molecule has 0 unspecified atom stereocenters. The summed E-state index contributed by atoms with van der Waals surface area (Å²) in [5.41, 5.74) is 3.93. The molecule has 2 aromatic heterocycles. The Bertz CT molecular complexity index is 730. The fourth-order valence-corrected chi connectivity index (χ4v) is 2.18. The van der Waals surface area contributed by atoms with Crippen molar-refractivity contribution < 1.29 is 98.1 Å². The summed E-state index contributed by atoms with van der Waals surface area (Å²) in [5, 5.41) is 0. The van der Waals surface area contributed by atoms with Gasteiger partial charge < -0.3 is 19.1 Å². The Kier molecular flexibility index (Phi) is 8.67. The van der Waals surface area contributed by atoms with Crippen molar-refractivity contribution in [2.24, 2.45) is 0 Å². The first-order valence-electron chi connectivity index (χ1n) is 5.64. The second-order valence-corrected chi connectivity index (χ2v) is 4.23. The molecule has 0 N–H and O–H groups in total. The Morgan fingerprint density at radius 2 is 1.50 bits per heavy atom. The molecule has 97 valence electrons. The van der Waals surface area contributed by atoms with E-state index in [1.165, 1.54) is 0 Å².